The first-order chi connectivity index (χ1) is 9.02. The molecule has 2 atom stereocenters. The number of pyridine rings is 1. The summed E-state index contributed by atoms with van der Waals surface area (Å²) in [6.45, 7) is 3.77. The third kappa shape index (κ3) is 5.40. The minimum absolute atomic E-state index is 0.0627. The maximum Gasteiger partial charge on any atom is 0.261 e. The first kappa shape index (κ1) is 15.0. The van der Waals surface area contributed by atoms with Crippen molar-refractivity contribution < 1.29 is 9.53 Å². The Labute approximate surface area is 113 Å². The molecular formula is C14H19N3O2. The molecule has 1 heterocycles. The molecular weight excluding hydrogens is 242 g/mol. The van der Waals surface area contributed by atoms with E-state index in [-0.39, 0.29) is 18.5 Å². The highest BCUT2D eigenvalue weighted by Crippen LogP contribution is 2.12. The van der Waals surface area contributed by atoms with Crippen LogP contribution in [-0.2, 0) is 11.2 Å². The minimum Gasteiger partial charge on any atom is -0.479 e. The van der Waals surface area contributed by atoms with E-state index in [2.05, 4.69) is 16.2 Å². The molecule has 1 aromatic heterocycles. The number of hydrogen-bond donors (Lipinski definition) is 2. The SMILES string of the molecule is C#CCNC(=O)C(C)Oc1ccc(CC(C)N)nc1. The molecule has 0 aliphatic heterocycles. The zero-order valence-electron chi connectivity index (χ0n) is 11.2. The van der Waals surface area contributed by atoms with Crippen LogP contribution < -0.4 is 15.8 Å². The number of ether oxygens (including phenoxy) is 1. The maximum absolute atomic E-state index is 11.6. The molecule has 0 saturated heterocycles. The number of carbonyl (C=O) groups is 1. The van der Waals surface area contributed by atoms with Gasteiger partial charge in [-0.25, -0.2) is 0 Å². The predicted octanol–water partition coefficient (Wildman–Crippen LogP) is 0.488. The van der Waals surface area contributed by atoms with Crippen molar-refractivity contribution in [1.82, 2.24) is 10.3 Å². The Morgan fingerprint density at radius 2 is 2.32 bits per heavy atom. The topological polar surface area (TPSA) is 77.2 Å². The second-order valence-corrected chi connectivity index (χ2v) is 4.35. The van der Waals surface area contributed by atoms with E-state index >= 15 is 0 Å². The van der Waals surface area contributed by atoms with E-state index in [1.54, 1.807) is 19.2 Å². The van der Waals surface area contributed by atoms with Crippen molar-refractivity contribution in [2.75, 3.05) is 6.54 Å². The molecule has 0 saturated carbocycles. The number of nitrogens with zero attached hydrogens (tertiary/aromatic N) is 1. The molecule has 3 N–H and O–H groups in total. The molecule has 19 heavy (non-hydrogen) atoms. The Morgan fingerprint density at radius 3 is 2.84 bits per heavy atom. The van der Waals surface area contributed by atoms with Gasteiger partial charge in [0.2, 0.25) is 0 Å². The summed E-state index contributed by atoms with van der Waals surface area (Å²) in [4.78, 5) is 15.8. The van der Waals surface area contributed by atoms with Gasteiger partial charge in [0.1, 0.15) is 5.75 Å². The van der Waals surface area contributed by atoms with Crippen molar-refractivity contribution in [1.29, 1.82) is 0 Å². The summed E-state index contributed by atoms with van der Waals surface area (Å²) in [5.41, 5.74) is 6.58. The van der Waals surface area contributed by atoms with Gasteiger partial charge in [-0.2, -0.15) is 0 Å². The van der Waals surface area contributed by atoms with Gasteiger partial charge in [0, 0.05) is 18.2 Å². The molecule has 102 valence electrons. The lowest BCUT2D eigenvalue weighted by molar-refractivity contribution is -0.127. The summed E-state index contributed by atoms with van der Waals surface area (Å²) < 4.78 is 5.46. The van der Waals surface area contributed by atoms with Gasteiger partial charge in [0.05, 0.1) is 12.7 Å². The monoisotopic (exact) mass is 261 g/mol. The van der Waals surface area contributed by atoms with Crippen molar-refractivity contribution in [3.05, 3.63) is 24.0 Å². The highest BCUT2D eigenvalue weighted by molar-refractivity contribution is 5.80. The standard InChI is InChI=1S/C14H19N3O2/c1-4-7-16-14(18)11(3)19-13-6-5-12(17-9-13)8-10(2)15/h1,5-6,9-11H,7-8,15H2,2-3H3,(H,16,18). The third-order valence-corrected chi connectivity index (χ3v) is 2.38. The van der Waals surface area contributed by atoms with E-state index in [4.69, 9.17) is 16.9 Å². The molecule has 1 rings (SSSR count). The second-order valence-electron chi connectivity index (χ2n) is 4.35. The molecule has 0 aliphatic rings. The number of carbonyl (C=O) groups excluding carboxylic acids is 1. The van der Waals surface area contributed by atoms with Gasteiger partial charge < -0.3 is 15.8 Å². The van der Waals surface area contributed by atoms with Crippen LogP contribution in [0.25, 0.3) is 0 Å². The summed E-state index contributed by atoms with van der Waals surface area (Å²) in [7, 11) is 0. The smallest absolute Gasteiger partial charge is 0.261 e. The van der Waals surface area contributed by atoms with Crippen LogP contribution in [0.1, 0.15) is 19.5 Å². The van der Waals surface area contributed by atoms with E-state index in [0.29, 0.717) is 12.2 Å². The number of rotatable bonds is 6. The van der Waals surface area contributed by atoms with E-state index in [1.807, 2.05) is 13.0 Å². The van der Waals surface area contributed by atoms with E-state index < -0.39 is 6.10 Å². The molecule has 0 bridgehead atoms. The number of aromatic nitrogens is 1. The molecule has 1 amide bonds. The fourth-order valence-corrected chi connectivity index (χ4v) is 1.47. The van der Waals surface area contributed by atoms with Crippen LogP contribution in [0, 0.1) is 12.3 Å². The Kier molecular flexibility index (Phi) is 5.83. The molecule has 2 unspecified atom stereocenters. The Balaban J connectivity index is 2.53. The van der Waals surface area contributed by atoms with Crippen molar-refractivity contribution in [2.45, 2.75) is 32.4 Å². The minimum atomic E-state index is -0.616. The number of hydrogen-bond acceptors (Lipinski definition) is 4. The van der Waals surface area contributed by atoms with Gasteiger partial charge in [0.25, 0.3) is 5.91 Å². The fraction of sp³-hybridized carbons (Fsp3) is 0.429. The van der Waals surface area contributed by atoms with E-state index in [1.165, 1.54) is 0 Å². The average molecular weight is 261 g/mol. The molecule has 5 heteroatoms. The van der Waals surface area contributed by atoms with Gasteiger partial charge in [-0.3, -0.25) is 9.78 Å². The van der Waals surface area contributed by atoms with E-state index in [9.17, 15) is 4.79 Å². The van der Waals surface area contributed by atoms with Gasteiger partial charge in [0.15, 0.2) is 6.10 Å². The molecule has 0 fully saturated rings. The van der Waals surface area contributed by atoms with Gasteiger partial charge >= 0.3 is 0 Å². The molecule has 5 nitrogen and oxygen atoms in total. The summed E-state index contributed by atoms with van der Waals surface area (Å²) in [6, 6.07) is 3.67. The van der Waals surface area contributed by atoms with Crippen molar-refractivity contribution >= 4 is 5.91 Å². The third-order valence-electron chi connectivity index (χ3n) is 2.38. The first-order valence-electron chi connectivity index (χ1n) is 6.11. The van der Waals surface area contributed by atoms with Gasteiger partial charge in [-0.05, 0) is 26.0 Å². The van der Waals surface area contributed by atoms with Crippen molar-refractivity contribution in [3.8, 4) is 18.1 Å². The van der Waals surface area contributed by atoms with Gasteiger partial charge in [-0.15, -0.1) is 6.42 Å². The Bertz CT molecular complexity index is 449. The highest BCUT2D eigenvalue weighted by Gasteiger charge is 2.13. The first-order valence-corrected chi connectivity index (χ1v) is 6.11. The number of amides is 1. The van der Waals surface area contributed by atoms with Gasteiger partial charge in [-0.1, -0.05) is 5.92 Å². The molecule has 0 radical (unpaired) electrons. The van der Waals surface area contributed by atoms with Crippen LogP contribution >= 0.6 is 0 Å². The normalized spacial score (nSPS) is 13.2. The number of terminal acetylenes is 1. The molecule has 0 spiro atoms. The fourth-order valence-electron chi connectivity index (χ4n) is 1.47. The predicted molar refractivity (Wildman–Crippen MR) is 73.5 cm³/mol. The van der Waals surface area contributed by atoms with Crippen LogP contribution in [0.2, 0.25) is 0 Å². The van der Waals surface area contributed by atoms with Crippen LogP contribution in [0.3, 0.4) is 0 Å². The summed E-state index contributed by atoms with van der Waals surface area (Å²) in [6.07, 6.45) is 6.74. The lowest BCUT2D eigenvalue weighted by Gasteiger charge is -2.14. The van der Waals surface area contributed by atoms with Crippen LogP contribution in [0.4, 0.5) is 0 Å². The number of nitrogens with one attached hydrogen (secondary N) is 1. The highest BCUT2D eigenvalue weighted by atomic mass is 16.5. The lowest BCUT2D eigenvalue weighted by atomic mass is 10.2. The molecule has 1 aromatic rings. The quantitative estimate of drug-likeness (QED) is 0.731. The Morgan fingerprint density at radius 1 is 1.58 bits per heavy atom. The zero-order valence-corrected chi connectivity index (χ0v) is 11.2. The van der Waals surface area contributed by atoms with Crippen LogP contribution in [0.5, 0.6) is 5.75 Å². The average Bonchev–Trinajstić information content (AvgIpc) is 2.37. The summed E-state index contributed by atoms with van der Waals surface area (Å²) >= 11 is 0. The zero-order chi connectivity index (χ0) is 14.3. The molecule has 0 aromatic carbocycles. The Hall–Kier alpha value is -2.06. The van der Waals surface area contributed by atoms with Crippen LogP contribution in [-0.4, -0.2) is 29.6 Å². The summed E-state index contributed by atoms with van der Waals surface area (Å²) in [5, 5.41) is 2.55. The molecule has 0 aliphatic carbocycles. The maximum atomic E-state index is 11.6. The summed E-state index contributed by atoms with van der Waals surface area (Å²) in [5.74, 6) is 2.62. The van der Waals surface area contributed by atoms with E-state index in [0.717, 1.165) is 5.69 Å². The second kappa shape index (κ2) is 7.39. The lowest BCUT2D eigenvalue weighted by Crippen LogP contribution is -2.36. The van der Waals surface area contributed by atoms with Crippen molar-refractivity contribution in [2.24, 2.45) is 5.73 Å². The van der Waals surface area contributed by atoms with Crippen molar-refractivity contribution in [3.63, 3.8) is 0 Å². The number of nitrogens with two attached hydrogens (primary N) is 1. The largest absolute Gasteiger partial charge is 0.479 e. The van der Waals surface area contributed by atoms with Crippen LogP contribution in [0.15, 0.2) is 18.3 Å².